The van der Waals surface area contributed by atoms with Gasteiger partial charge in [-0.1, -0.05) is 23.3 Å². The highest BCUT2D eigenvalue weighted by molar-refractivity contribution is 5.98. The Morgan fingerprint density at radius 2 is 1.96 bits per heavy atom. The smallest absolute Gasteiger partial charge is 0.417 e. The second-order valence-electron chi connectivity index (χ2n) is 5.67. The SMILES string of the molecule is Nc1cc(F)c(-n2ccc(CC(=O)c3ccccc3C(F)(F)F)n2)[n+]([O-])c1. The predicted octanol–water partition coefficient (Wildman–Crippen LogP) is 2.67. The summed E-state index contributed by atoms with van der Waals surface area (Å²) in [5.41, 5.74) is 3.82. The number of carbonyl (C=O) groups excluding carboxylic acids is 1. The van der Waals surface area contributed by atoms with Crippen LogP contribution < -0.4 is 10.5 Å². The number of alkyl halides is 3. The number of nitrogens with zero attached hydrogens (tertiary/aromatic N) is 3. The Kier molecular flexibility index (Phi) is 4.56. The first kappa shape index (κ1) is 18.4. The van der Waals surface area contributed by atoms with Crippen LogP contribution in [0.25, 0.3) is 5.82 Å². The average Bonchev–Trinajstić information content (AvgIpc) is 3.01. The maximum absolute atomic E-state index is 14.0. The van der Waals surface area contributed by atoms with Crippen LogP contribution in [0.3, 0.4) is 0 Å². The van der Waals surface area contributed by atoms with Crippen LogP contribution in [0, 0.1) is 11.0 Å². The van der Waals surface area contributed by atoms with Gasteiger partial charge in [0.05, 0.1) is 23.4 Å². The number of anilines is 1. The van der Waals surface area contributed by atoms with Gasteiger partial charge < -0.3 is 10.9 Å². The number of carbonyl (C=O) groups is 1. The fourth-order valence-electron chi connectivity index (χ4n) is 2.57. The fraction of sp³-hybridized carbons (Fsp3) is 0.118. The lowest BCUT2D eigenvalue weighted by molar-refractivity contribution is -0.601. The van der Waals surface area contributed by atoms with E-state index in [0.717, 1.165) is 29.1 Å². The molecule has 0 amide bonds. The Balaban J connectivity index is 1.89. The zero-order chi connectivity index (χ0) is 19.8. The monoisotopic (exact) mass is 380 g/mol. The molecule has 0 radical (unpaired) electrons. The number of nitrogens with two attached hydrogens (primary N) is 1. The quantitative estimate of drug-likeness (QED) is 0.326. The summed E-state index contributed by atoms with van der Waals surface area (Å²) in [7, 11) is 0. The van der Waals surface area contributed by atoms with Crippen molar-refractivity contribution in [2.45, 2.75) is 12.6 Å². The molecule has 0 aliphatic carbocycles. The molecule has 3 aromatic rings. The summed E-state index contributed by atoms with van der Waals surface area (Å²) in [5.74, 6) is -2.21. The third-order valence-corrected chi connectivity index (χ3v) is 3.72. The van der Waals surface area contributed by atoms with E-state index in [1.807, 2.05) is 0 Å². The van der Waals surface area contributed by atoms with Crippen LogP contribution in [-0.2, 0) is 12.6 Å². The molecule has 2 aromatic heterocycles. The minimum absolute atomic E-state index is 0.0770. The molecule has 10 heteroatoms. The first-order chi connectivity index (χ1) is 12.7. The molecule has 0 saturated heterocycles. The van der Waals surface area contributed by atoms with Crippen LogP contribution in [0.4, 0.5) is 23.2 Å². The maximum Gasteiger partial charge on any atom is 0.417 e. The van der Waals surface area contributed by atoms with Gasteiger partial charge in [0, 0.05) is 17.7 Å². The Labute approximate surface area is 150 Å². The number of hydrogen-bond donors (Lipinski definition) is 1. The average molecular weight is 380 g/mol. The van der Waals surface area contributed by atoms with Crippen molar-refractivity contribution in [3.05, 3.63) is 76.6 Å². The van der Waals surface area contributed by atoms with Crippen LogP contribution >= 0.6 is 0 Å². The van der Waals surface area contributed by atoms with Crippen molar-refractivity contribution < 1.29 is 27.1 Å². The van der Waals surface area contributed by atoms with Crippen LogP contribution in [0.1, 0.15) is 21.6 Å². The van der Waals surface area contributed by atoms with Gasteiger partial charge in [-0.3, -0.25) is 4.79 Å². The first-order valence-corrected chi connectivity index (χ1v) is 7.59. The van der Waals surface area contributed by atoms with Gasteiger partial charge in [0.2, 0.25) is 5.82 Å². The zero-order valence-corrected chi connectivity index (χ0v) is 13.6. The van der Waals surface area contributed by atoms with E-state index in [0.29, 0.717) is 0 Å². The summed E-state index contributed by atoms with van der Waals surface area (Å²) in [6, 6.07) is 6.64. The summed E-state index contributed by atoms with van der Waals surface area (Å²) < 4.78 is 54.1. The molecule has 0 bridgehead atoms. The summed E-state index contributed by atoms with van der Waals surface area (Å²) in [5, 5.41) is 15.7. The molecule has 140 valence electrons. The van der Waals surface area contributed by atoms with Crippen molar-refractivity contribution >= 4 is 11.5 Å². The number of nitrogen functional groups attached to an aromatic ring is 1. The van der Waals surface area contributed by atoms with Crippen LogP contribution in [0.2, 0.25) is 0 Å². The lowest BCUT2D eigenvalue weighted by Crippen LogP contribution is -2.34. The second-order valence-corrected chi connectivity index (χ2v) is 5.67. The highest BCUT2D eigenvalue weighted by Gasteiger charge is 2.34. The first-order valence-electron chi connectivity index (χ1n) is 7.59. The molecule has 0 aliphatic rings. The van der Waals surface area contributed by atoms with Crippen molar-refractivity contribution in [3.8, 4) is 5.82 Å². The van der Waals surface area contributed by atoms with E-state index in [-0.39, 0.29) is 16.1 Å². The molecule has 0 unspecified atom stereocenters. The largest absolute Gasteiger partial charge is 0.710 e. The Bertz CT molecular complexity index is 991. The summed E-state index contributed by atoms with van der Waals surface area (Å²) in [6.45, 7) is 0. The van der Waals surface area contributed by atoms with Gasteiger partial charge in [-0.2, -0.15) is 17.6 Å². The van der Waals surface area contributed by atoms with Gasteiger partial charge >= 0.3 is 12.0 Å². The standard InChI is InChI=1S/C17H12F4N4O2/c18-14-7-10(22)9-25(27)16(14)24-6-5-11(23-24)8-15(26)12-3-1-2-4-13(12)17(19,20)21/h1-7,9H,8,22H2. The molecule has 27 heavy (non-hydrogen) atoms. The Hall–Kier alpha value is -3.43. The van der Waals surface area contributed by atoms with Gasteiger partial charge in [-0.25, -0.2) is 4.73 Å². The number of benzene rings is 1. The maximum atomic E-state index is 14.0. The number of hydrogen-bond acceptors (Lipinski definition) is 4. The van der Waals surface area contributed by atoms with Gasteiger partial charge in [0.25, 0.3) is 0 Å². The number of ketones is 1. The number of rotatable bonds is 4. The van der Waals surface area contributed by atoms with Crippen LogP contribution in [0.15, 0.2) is 48.8 Å². The molecule has 0 atom stereocenters. The fourth-order valence-corrected chi connectivity index (χ4v) is 2.57. The molecule has 0 saturated carbocycles. The zero-order valence-electron chi connectivity index (χ0n) is 13.6. The van der Waals surface area contributed by atoms with E-state index in [1.165, 1.54) is 24.4 Å². The van der Waals surface area contributed by atoms with Crippen molar-refractivity contribution in [2.75, 3.05) is 5.73 Å². The third-order valence-electron chi connectivity index (χ3n) is 3.72. The van der Waals surface area contributed by atoms with Crippen LogP contribution in [-0.4, -0.2) is 15.6 Å². The van der Waals surface area contributed by atoms with E-state index < -0.39 is 41.1 Å². The molecule has 3 rings (SSSR count). The molecule has 6 nitrogen and oxygen atoms in total. The van der Waals surface area contributed by atoms with E-state index in [9.17, 15) is 27.6 Å². The topological polar surface area (TPSA) is 87.8 Å². The Morgan fingerprint density at radius 1 is 1.26 bits per heavy atom. The van der Waals surface area contributed by atoms with Crippen molar-refractivity contribution in [2.24, 2.45) is 0 Å². The van der Waals surface area contributed by atoms with E-state index in [4.69, 9.17) is 5.73 Å². The van der Waals surface area contributed by atoms with E-state index in [2.05, 4.69) is 5.10 Å². The molecule has 2 heterocycles. The summed E-state index contributed by atoms with van der Waals surface area (Å²) >= 11 is 0. The normalized spacial score (nSPS) is 11.6. The van der Waals surface area contributed by atoms with Gasteiger partial charge in [0.1, 0.15) is 12.4 Å². The molecule has 2 N–H and O–H groups in total. The molecule has 1 aromatic carbocycles. The second kappa shape index (κ2) is 6.71. The summed E-state index contributed by atoms with van der Waals surface area (Å²) in [6.07, 6.45) is -2.96. The van der Waals surface area contributed by atoms with Gasteiger partial charge in [0.15, 0.2) is 5.78 Å². The number of Topliss-reactive ketones (excluding diaryl/α,β-unsaturated/α-hetero) is 1. The molecular formula is C17H12F4N4O2. The highest BCUT2D eigenvalue weighted by Crippen LogP contribution is 2.32. The number of pyridine rings is 1. The lowest BCUT2D eigenvalue weighted by atomic mass is 10.0. The molecule has 0 fully saturated rings. The van der Waals surface area contributed by atoms with Crippen LogP contribution in [0.5, 0.6) is 0 Å². The van der Waals surface area contributed by atoms with E-state index >= 15 is 0 Å². The third kappa shape index (κ3) is 3.73. The van der Waals surface area contributed by atoms with Crippen molar-refractivity contribution in [1.29, 1.82) is 0 Å². The minimum atomic E-state index is -4.67. The molecule has 0 spiro atoms. The predicted molar refractivity (Wildman–Crippen MR) is 86.4 cm³/mol. The van der Waals surface area contributed by atoms with E-state index in [1.54, 1.807) is 0 Å². The van der Waals surface area contributed by atoms with Gasteiger partial charge in [-0.05, 0) is 6.07 Å². The van der Waals surface area contributed by atoms with Crippen molar-refractivity contribution in [1.82, 2.24) is 9.78 Å². The minimum Gasteiger partial charge on any atom is -0.710 e. The summed E-state index contributed by atoms with van der Waals surface area (Å²) in [4.78, 5) is 12.3. The number of halogens is 4. The lowest BCUT2D eigenvalue weighted by Gasteiger charge is -2.11. The highest BCUT2D eigenvalue weighted by atomic mass is 19.4. The van der Waals surface area contributed by atoms with Gasteiger partial charge in [-0.15, -0.1) is 4.68 Å². The number of aromatic nitrogens is 3. The molecular weight excluding hydrogens is 368 g/mol. The Morgan fingerprint density at radius 3 is 2.63 bits per heavy atom. The van der Waals surface area contributed by atoms with Crippen molar-refractivity contribution in [3.63, 3.8) is 0 Å². The molecule has 0 aliphatic heterocycles.